The SMILES string of the molecule is Cc1ccc2c(c1C)Cc1ccccc1S2. The Labute approximate surface area is 101 Å². The molecule has 0 saturated heterocycles. The first-order chi connectivity index (χ1) is 7.75. The Morgan fingerprint density at radius 3 is 2.62 bits per heavy atom. The molecule has 0 saturated carbocycles. The van der Waals surface area contributed by atoms with Gasteiger partial charge in [-0.25, -0.2) is 0 Å². The van der Waals surface area contributed by atoms with E-state index in [1.54, 1.807) is 0 Å². The van der Waals surface area contributed by atoms with Crippen LogP contribution in [0.3, 0.4) is 0 Å². The first-order valence-corrected chi connectivity index (χ1v) is 6.42. The maximum absolute atomic E-state index is 2.26. The second-order valence-corrected chi connectivity index (χ2v) is 5.45. The van der Waals surface area contributed by atoms with Crippen LogP contribution in [0.25, 0.3) is 0 Å². The second kappa shape index (κ2) is 3.67. The van der Waals surface area contributed by atoms with Gasteiger partial charge in [0.1, 0.15) is 0 Å². The molecule has 0 spiro atoms. The molecule has 16 heavy (non-hydrogen) atoms. The van der Waals surface area contributed by atoms with Crippen LogP contribution in [-0.4, -0.2) is 0 Å². The van der Waals surface area contributed by atoms with Crippen LogP contribution >= 0.6 is 11.8 Å². The van der Waals surface area contributed by atoms with Crippen LogP contribution in [0.15, 0.2) is 46.2 Å². The van der Waals surface area contributed by atoms with Crippen molar-refractivity contribution < 1.29 is 0 Å². The molecule has 0 nitrogen and oxygen atoms in total. The third-order valence-corrected chi connectivity index (χ3v) is 4.61. The summed E-state index contributed by atoms with van der Waals surface area (Å²) < 4.78 is 0. The number of hydrogen-bond donors (Lipinski definition) is 0. The van der Waals surface area contributed by atoms with E-state index < -0.39 is 0 Å². The lowest BCUT2D eigenvalue weighted by atomic mass is 9.97. The van der Waals surface area contributed by atoms with Crippen LogP contribution in [0.5, 0.6) is 0 Å². The highest BCUT2D eigenvalue weighted by Crippen LogP contribution is 2.40. The van der Waals surface area contributed by atoms with Crippen molar-refractivity contribution in [1.29, 1.82) is 0 Å². The second-order valence-electron chi connectivity index (χ2n) is 4.37. The van der Waals surface area contributed by atoms with E-state index in [-0.39, 0.29) is 0 Å². The molecule has 80 valence electrons. The zero-order valence-electron chi connectivity index (χ0n) is 9.58. The molecule has 0 unspecified atom stereocenters. The number of aryl methyl sites for hydroxylation is 1. The molecule has 2 aromatic rings. The zero-order chi connectivity index (χ0) is 11.1. The van der Waals surface area contributed by atoms with Crippen molar-refractivity contribution in [3.05, 3.63) is 58.7 Å². The highest BCUT2D eigenvalue weighted by atomic mass is 32.2. The topological polar surface area (TPSA) is 0 Å². The van der Waals surface area contributed by atoms with Crippen molar-refractivity contribution in [2.24, 2.45) is 0 Å². The molecule has 1 heterocycles. The lowest BCUT2D eigenvalue weighted by Gasteiger charge is -2.21. The highest BCUT2D eigenvalue weighted by Gasteiger charge is 2.17. The molecule has 0 amide bonds. The third-order valence-electron chi connectivity index (χ3n) is 3.39. The first-order valence-electron chi connectivity index (χ1n) is 5.60. The van der Waals surface area contributed by atoms with Gasteiger partial charge in [-0.05, 0) is 54.7 Å². The molecule has 0 bridgehead atoms. The van der Waals surface area contributed by atoms with Gasteiger partial charge in [-0.15, -0.1) is 0 Å². The minimum atomic E-state index is 1.09. The minimum absolute atomic E-state index is 1.09. The van der Waals surface area contributed by atoms with Gasteiger partial charge >= 0.3 is 0 Å². The molecule has 0 N–H and O–H groups in total. The van der Waals surface area contributed by atoms with Gasteiger partial charge in [0.25, 0.3) is 0 Å². The van der Waals surface area contributed by atoms with Gasteiger partial charge in [-0.3, -0.25) is 0 Å². The van der Waals surface area contributed by atoms with Crippen LogP contribution < -0.4 is 0 Å². The number of rotatable bonds is 0. The molecule has 2 aromatic carbocycles. The summed E-state index contributed by atoms with van der Waals surface area (Å²) >= 11 is 1.91. The monoisotopic (exact) mass is 226 g/mol. The maximum Gasteiger partial charge on any atom is 0.0160 e. The van der Waals surface area contributed by atoms with Gasteiger partial charge in [0.2, 0.25) is 0 Å². The van der Waals surface area contributed by atoms with Crippen LogP contribution in [-0.2, 0) is 6.42 Å². The molecule has 0 radical (unpaired) electrons. The summed E-state index contributed by atoms with van der Waals surface area (Å²) in [5, 5.41) is 0. The largest absolute Gasteiger partial charge is 0.0895 e. The van der Waals surface area contributed by atoms with Gasteiger partial charge < -0.3 is 0 Å². The third kappa shape index (κ3) is 1.47. The zero-order valence-corrected chi connectivity index (χ0v) is 10.4. The molecular weight excluding hydrogens is 212 g/mol. The van der Waals surface area contributed by atoms with Gasteiger partial charge in [0.15, 0.2) is 0 Å². The van der Waals surface area contributed by atoms with Crippen molar-refractivity contribution in [2.75, 3.05) is 0 Å². The van der Waals surface area contributed by atoms with Crippen molar-refractivity contribution in [3.63, 3.8) is 0 Å². The van der Waals surface area contributed by atoms with Crippen molar-refractivity contribution >= 4 is 11.8 Å². The Hall–Kier alpha value is -1.21. The highest BCUT2D eigenvalue weighted by molar-refractivity contribution is 7.99. The molecule has 1 aliphatic heterocycles. The molecule has 1 heteroatoms. The molecule has 0 aromatic heterocycles. The van der Waals surface area contributed by atoms with E-state index in [1.165, 1.54) is 32.0 Å². The quantitative estimate of drug-likeness (QED) is 0.549. The first kappa shape index (κ1) is 9.98. The Bertz CT molecular complexity index is 555. The summed E-state index contributed by atoms with van der Waals surface area (Å²) in [6.45, 7) is 4.43. The molecule has 0 atom stereocenters. The van der Waals surface area contributed by atoms with Crippen LogP contribution in [0.1, 0.15) is 22.3 Å². The molecule has 1 aliphatic rings. The fourth-order valence-electron chi connectivity index (χ4n) is 2.22. The van der Waals surface area contributed by atoms with E-state index >= 15 is 0 Å². The molecule has 0 aliphatic carbocycles. The van der Waals surface area contributed by atoms with E-state index in [9.17, 15) is 0 Å². The number of fused-ring (bicyclic) bond motifs is 2. The summed E-state index contributed by atoms with van der Waals surface area (Å²) in [4.78, 5) is 2.85. The Morgan fingerprint density at radius 1 is 0.938 bits per heavy atom. The fraction of sp³-hybridized carbons (Fsp3) is 0.200. The van der Waals surface area contributed by atoms with E-state index in [2.05, 4.69) is 50.2 Å². The predicted octanol–water partition coefficient (Wildman–Crippen LogP) is 4.36. The van der Waals surface area contributed by atoms with Crippen molar-refractivity contribution in [3.8, 4) is 0 Å². The Kier molecular flexibility index (Phi) is 2.29. The molecule has 3 rings (SSSR count). The lowest BCUT2D eigenvalue weighted by Crippen LogP contribution is -2.02. The van der Waals surface area contributed by atoms with Crippen LogP contribution in [0.4, 0.5) is 0 Å². The molecular formula is C15H14S. The lowest BCUT2D eigenvalue weighted by molar-refractivity contribution is 1.02. The summed E-state index contributed by atoms with van der Waals surface area (Å²) in [5.74, 6) is 0. The average molecular weight is 226 g/mol. The normalized spacial score (nSPS) is 13.1. The van der Waals surface area contributed by atoms with E-state index in [0.717, 1.165) is 6.42 Å². The van der Waals surface area contributed by atoms with Gasteiger partial charge in [-0.1, -0.05) is 36.0 Å². The van der Waals surface area contributed by atoms with Gasteiger partial charge in [-0.2, -0.15) is 0 Å². The summed E-state index contributed by atoms with van der Waals surface area (Å²) in [7, 11) is 0. The predicted molar refractivity (Wildman–Crippen MR) is 69.3 cm³/mol. The number of benzene rings is 2. The van der Waals surface area contributed by atoms with Gasteiger partial charge in [0, 0.05) is 9.79 Å². The molecule has 0 fully saturated rings. The van der Waals surface area contributed by atoms with Crippen molar-refractivity contribution in [2.45, 2.75) is 30.1 Å². The minimum Gasteiger partial charge on any atom is -0.0895 e. The Balaban J connectivity index is 2.16. The van der Waals surface area contributed by atoms with E-state index in [1.807, 2.05) is 11.8 Å². The van der Waals surface area contributed by atoms with Crippen molar-refractivity contribution in [1.82, 2.24) is 0 Å². The van der Waals surface area contributed by atoms with E-state index in [0.29, 0.717) is 0 Å². The van der Waals surface area contributed by atoms with Crippen LogP contribution in [0, 0.1) is 13.8 Å². The Morgan fingerprint density at radius 2 is 1.75 bits per heavy atom. The summed E-state index contributed by atoms with van der Waals surface area (Å²) in [6, 6.07) is 13.2. The standard InChI is InChI=1S/C15H14S/c1-10-7-8-15-13(11(10)2)9-12-5-3-4-6-14(12)16-15/h3-8H,9H2,1-2H3. The van der Waals surface area contributed by atoms with E-state index in [4.69, 9.17) is 0 Å². The fourth-order valence-corrected chi connectivity index (χ4v) is 3.36. The maximum atomic E-state index is 2.26. The van der Waals surface area contributed by atoms with Crippen LogP contribution in [0.2, 0.25) is 0 Å². The summed E-state index contributed by atoms with van der Waals surface area (Å²) in [6.07, 6.45) is 1.09. The smallest absolute Gasteiger partial charge is 0.0160 e. The summed E-state index contributed by atoms with van der Waals surface area (Å²) in [5.41, 5.74) is 5.84. The van der Waals surface area contributed by atoms with Gasteiger partial charge in [0.05, 0.1) is 0 Å². The number of hydrogen-bond acceptors (Lipinski definition) is 1. The average Bonchev–Trinajstić information content (AvgIpc) is 2.32.